The summed E-state index contributed by atoms with van der Waals surface area (Å²) in [7, 11) is 0. The second kappa shape index (κ2) is 20.7. The van der Waals surface area contributed by atoms with Crippen LogP contribution in [0.15, 0.2) is 73.2 Å². The van der Waals surface area contributed by atoms with Crippen LogP contribution < -0.4 is 20.7 Å². The van der Waals surface area contributed by atoms with Crippen molar-refractivity contribution in [3.05, 3.63) is 94.4 Å². The highest BCUT2D eigenvalue weighted by Crippen LogP contribution is 2.37. The number of rotatable bonds is 16. The third kappa shape index (κ3) is 11.6. The molecule has 3 aromatic heterocycles. The smallest absolute Gasteiger partial charge is 0.407 e. The number of ether oxygens (including phenoxy) is 5. The molecule has 19 nitrogen and oxygen atoms in total. The molecule has 3 N–H and O–H groups in total. The Labute approximate surface area is 376 Å². The number of fused-ring (bicyclic) bond motifs is 1. The zero-order chi connectivity index (χ0) is 46.2. The van der Waals surface area contributed by atoms with E-state index >= 15 is 0 Å². The van der Waals surface area contributed by atoms with Crippen LogP contribution in [0.3, 0.4) is 0 Å². The van der Waals surface area contributed by atoms with Crippen molar-refractivity contribution in [1.29, 1.82) is 0 Å². The predicted molar refractivity (Wildman–Crippen MR) is 239 cm³/mol. The Morgan fingerprint density at radius 2 is 1.65 bits per heavy atom. The number of benzene rings is 2. The third-order valence-corrected chi connectivity index (χ3v) is 11.8. The highest BCUT2D eigenvalue weighted by molar-refractivity contribution is 5.84. The van der Waals surface area contributed by atoms with Crippen molar-refractivity contribution in [3.8, 4) is 17.0 Å². The molecule has 7 rings (SSSR count). The van der Waals surface area contributed by atoms with Gasteiger partial charge < -0.3 is 44.2 Å². The number of hydrogen-bond acceptors (Lipinski definition) is 16. The van der Waals surface area contributed by atoms with Crippen LogP contribution in [0.2, 0.25) is 0 Å². The molecule has 1 saturated heterocycles. The van der Waals surface area contributed by atoms with Crippen molar-refractivity contribution < 1.29 is 43.0 Å². The summed E-state index contributed by atoms with van der Waals surface area (Å²) in [6.07, 6.45) is 2.97. The molecule has 2 aromatic carbocycles. The Balaban J connectivity index is 0.926. The number of anilines is 2. The van der Waals surface area contributed by atoms with Crippen LogP contribution in [0.4, 0.5) is 22.2 Å². The fourth-order valence-electron chi connectivity index (χ4n) is 8.04. The first-order valence-electron chi connectivity index (χ1n) is 21.8. The number of nitro benzene ring substituents is 1. The summed E-state index contributed by atoms with van der Waals surface area (Å²) >= 11 is 0. The normalized spacial score (nSPS) is 21.9. The topological polar surface area (TPSA) is 233 Å². The summed E-state index contributed by atoms with van der Waals surface area (Å²) in [6, 6.07) is 18.3. The molecule has 5 atom stereocenters. The van der Waals surface area contributed by atoms with Crippen LogP contribution >= 0.6 is 0 Å². The summed E-state index contributed by atoms with van der Waals surface area (Å²) < 4.78 is 30.3. The van der Waals surface area contributed by atoms with Gasteiger partial charge in [-0.15, -0.1) is 0 Å². The van der Waals surface area contributed by atoms with E-state index in [9.17, 15) is 24.5 Å². The molecule has 5 aromatic rings. The average molecular weight is 894 g/mol. The van der Waals surface area contributed by atoms with Gasteiger partial charge in [0.15, 0.2) is 28.8 Å². The van der Waals surface area contributed by atoms with E-state index in [4.69, 9.17) is 33.7 Å². The molecule has 1 amide bonds. The van der Waals surface area contributed by atoms with E-state index in [0.29, 0.717) is 42.2 Å². The van der Waals surface area contributed by atoms with E-state index in [1.807, 2.05) is 36.6 Å². The minimum absolute atomic E-state index is 0.0555. The van der Waals surface area contributed by atoms with E-state index in [1.165, 1.54) is 32.0 Å². The van der Waals surface area contributed by atoms with Gasteiger partial charge in [0.1, 0.15) is 13.2 Å². The molecular weight excluding hydrogens is 839 g/mol. The number of esters is 2. The second-order valence-electron chi connectivity index (χ2n) is 16.8. The molecule has 19 heteroatoms. The zero-order valence-corrected chi connectivity index (χ0v) is 37.3. The fourth-order valence-corrected chi connectivity index (χ4v) is 8.04. The number of amides is 1. The van der Waals surface area contributed by atoms with Gasteiger partial charge in [0.2, 0.25) is 12.2 Å². The van der Waals surface area contributed by atoms with Gasteiger partial charge in [-0.3, -0.25) is 24.7 Å². The van der Waals surface area contributed by atoms with Crippen LogP contribution in [0.25, 0.3) is 22.4 Å². The number of aromatic nitrogens is 5. The largest absolute Gasteiger partial charge is 0.463 e. The Morgan fingerprint density at radius 3 is 2.32 bits per heavy atom. The first-order chi connectivity index (χ1) is 31.2. The summed E-state index contributed by atoms with van der Waals surface area (Å²) in [5, 5.41) is 22.1. The summed E-state index contributed by atoms with van der Waals surface area (Å²) in [6.45, 7) is 10.6. The van der Waals surface area contributed by atoms with E-state index in [0.717, 1.165) is 35.3 Å². The maximum Gasteiger partial charge on any atom is 0.407 e. The van der Waals surface area contributed by atoms with Gasteiger partial charge in [-0.05, 0) is 74.8 Å². The number of nitrogens with one attached hydrogen (secondary N) is 3. The van der Waals surface area contributed by atoms with Gasteiger partial charge >= 0.3 is 23.7 Å². The van der Waals surface area contributed by atoms with Gasteiger partial charge in [0.05, 0.1) is 23.0 Å². The molecule has 1 saturated carbocycles. The minimum atomic E-state index is -1.24. The number of alkyl carbamates (subject to hydrolysis) is 1. The fraction of sp³-hybridized carbons (Fsp3) is 0.457. The Morgan fingerprint density at radius 1 is 0.908 bits per heavy atom. The number of pyridine rings is 1. The van der Waals surface area contributed by atoms with E-state index in [-0.39, 0.29) is 48.9 Å². The van der Waals surface area contributed by atoms with Crippen molar-refractivity contribution in [2.75, 3.05) is 17.2 Å². The lowest BCUT2D eigenvalue weighted by Crippen LogP contribution is -2.54. The van der Waals surface area contributed by atoms with Gasteiger partial charge in [-0.1, -0.05) is 50.2 Å². The zero-order valence-electron chi connectivity index (χ0n) is 37.3. The number of nitro groups is 1. The first kappa shape index (κ1) is 46.1. The highest BCUT2D eigenvalue weighted by atomic mass is 16.7. The number of nitrogens with zero attached hydrogens (tertiary/aromatic N) is 6. The lowest BCUT2D eigenvalue weighted by molar-refractivity contribution is -0.387. The predicted octanol–water partition coefficient (Wildman–Crippen LogP) is 7.51. The lowest BCUT2D eigenvalue weighted by Gasteiger charge is -2.43. The SMILES string of the molecule is CC(=O)OCC1OC(Oc2ccc(COC(=O)NC3CCC(Nc4nc(NCc5ccc(-c6ccccn6)cc5)c5ncn(C(C)C)c5n4)CC3)cc2[N+](=O)[O-])[C@H](OC(C)=O)[C@@H](C)[C@H]1C. The molecule has 0 bridgehead atoms. The standard InChI is InChI=1S/C46H55N9O10/c1-26(2)54-25-49-40-42(48-22-31-10-13-33(14-11-31)36-9-7-8-20-47-36)52-45(53-43(40)54)50-34-15-17-35(18-16-34)51-46(58)62-23-32-12-19-38(37(21-32)55(59)60)64-44-41(63-30(6)57)28(4)27(3)39(65-44)24-61-29(5)56/h7-14,19-21,25-28,34-35,39,41,44H,15-18,22-24H2,1-6H3,(H,51,58)(H2,48,50,52,53)/t27-,28+,34?,35?,39?,41-,44?/m1/s1. The van der Waals surface area contributed by atoms with Gasteiger partial charge in [-0.25, -0.2) is 9.78 Å². The van der Waals surface area contributed by atoms with Crippen molar-refractivity contribution >= 4 is 46.6 Å². The van der Waals surface area contributed by atoms with Crippen LogP contribution in [0.1, 0.15) is 84.4 Å². The van der Waals surface area contributed by atoms with E-state index < -0.39 is 47.1 Å². The first-order valence-corrected chi connectivity index (χ1v) is 21.8. The number of carbonyl (C=O) groups is 3. The minimum Gasteiger partial charge on any atom is -0.463 e. The molecule has 2 fully saturated rings. The molecule has 65 heavy (non-hydrogen) atoms. The van der Waals surface area contributed by atoms with Crippen LogP contribution in [-0.2, 0) is 41.7 Å². The molecule has 4 heterocycles. The monoisotopic (exact) mass is 893 g/mol. The molecule has 0 radical (unpaired) electrons. The molecule has 2 aliphatic rings. The van der Waals surface area contributed by atoms with Crippen LogP contribution in [0.5, 0.6) is 5.75 Å². The Bertz CT molecular complexity index is 2460. The molecular formula is C46H55N9O10. The number of imidazole rings is 1. The molecule has 1 aliphatic carbocycles. The van der Waals surface area contributed by atoms with Crippen LogP contribution in [-0.4, -0.2) is 84.6 Å². The number of carbonyl (C=O) groups excluding carboxylic acids is 3. The van der Waals surface area contributed by atoms with Gasteiger partial charge in [0.25, 0.3) is 0 Å². The van der Waals surface area contributed by atoms with Crippen molar-refractivity contribution in [2.24, 2.45) is 11.8 Å². The van der Waals surface area contributed by atoms with Crippen LogP contribution in [0, 0.1) is 22.0 Å². The summed E-state index contributed by atoms with van der Waals surface area (Å²) in [5.41, 5.74) is 4.37. The Hall–Kier alpha value is -6.89. The maximum absolute atomic E-state index is 12.9. The quantitative estimate of drug-likeness (QED) is 0.0376. The molecule has 1 aliphatic heterocycles. The van der Waals surface area contributed by atoms with Gasteiger partial charge in [0, 0.05) is 62.3 Å². The van der Waals surface area contributed by atoms with Crippen molar-refractivity contribution in [1.82, 2.24) is 29.8 Å². The van der Waals surface area contributed by atoms with E-state index in [1.54, 1.807) is 12.5 Å². The molecule has 0 spiro atoms. The second-order valence-corrected chi connectivity index (χ2v) is 16.8. The maximum atomic E-state index is 12.9. The molecule has 2 unspecified atom stereocenters. The van der Waals surface area contributed by atoms with E-state index in [2.05, 4.69) is 64.0 Å². The summed E-state index contributed by atoms with van der Waals surface area (Å²) in [5.74, 6) is -0.627. The van der Waals surface area contributed by atoms with Crippen molar-refractivity contribution in [2.45, 2.75) is 117 Å². The lowest BCUT2D eigenvalue weighted by atomic mass is 9.83. The molecule has 344 valence electrons. The summed E-state index contributed by atoms with van der Waals surface area (Å²) in [4.78, 5) is 66.8. The Kier molecular flexibility index (Phi) is 14.7. The van der Waals surface area contributed by atoms with Crippen molar-refractivity contribution in [3.63, 3.8) is 0 Å². The third-order valence-electron chi connectivity index (χ3n) is 11.8. The number of hydrogen-bond donors (Lipinski definition) is 3. The highest BCUT2D eigenvalue weighted by Gasteiger charge is 2.46. The average Bonchev–Trinajstić information content (AvgIpc) is 3.73. The van der Waals surface area contributed by atoms with Gasteiger partial charge in [-0.2, -0.15) is 9.97 Å².